The molecule has 0 bridgehead atoms. The first kappa shape index (κ1) is 10.4. The van der Waals surface area contributed by atoms with E-state index in [0.29, 0.717) is 6.04 Å². The second-order valence-corrected chi connectivity index (χ2v) is 4.75. The van der Waals surface area contributed by atoms with Gasteiger partial charge < -0.3 is 14.4 Å². The minimum absolute atomic E-state index is 0.144. The SMILES string of the molecule is CN(C)C1CCOC2(CCOCC2)C1. The van der Waals surface area contributed by atoms with Crippen molar-refractivity contribution >= 4 is 0 Å². The smallest absolute Gasteiger partial charge is 0.0741 e. The lowest BCUT2D eigenvalue weighted by Gasteiger charge is -2.45. The third-order valence-corrected chi connectivity index (χ3v) is 3.60. The molecule has 82 valence electrons. The second kappa shape index (κ2) is 4.17. The standard InChI is InChI=1S/C11H21NO2/c1-12(2)10-3-6-14-11(9-10)4-7-13-8-5-11/h10H,3-9H2,1-2H3. The molecule has 3 heteroatoms. The van der Waals surface area contributed by atoms with Crippen molar-refractivity contribution in [2.75, 3.05) is 33.9 Å². The van der Waals surface area contributed by atoms with Crippen molar-refractivity contribution in [2.24, 2.45) is 0 Å². The quantitative estimate of drug-likeness (QED) is 0.635. The van der Waals surface area contributed by atoms with Crippen molar-refractivity contribution in [1.82, 2.24) is 4.90 Å². The summed E-state index contributed by atoms with van der Waals surface area (Å²) in [5, 5.41) is 0. The Morgan fingerprint density at radius 1 is 1.14 bits per heavy atom. The van der Waals surface area contributed by atoms with Crippen LogP contribution in [0, 0.1) is 0 Å². The first-order chi connectivity index (χ1) is 6.72. The van der Waals surface area contributed by atoms with Crippen LogP contribution in [0.3, 0.4) is 0 Å². The van der Waals surface area contributed by atoms with E-state index in [1.54, 1.807) is 0 Å². The molecular formula is C11H21NO2. The monoisotopic (exact) mass is 199 g/mol. The number of ether oxygens (including phenoxy) is 2. The maximum Gasteiger partial charge on any atom is 0.0741 e. The average Bonchev–Trinajstić information content (AvgIpc) is 2.19. The van der Waals surface area contributed by atoms with Gasteiger partial charge in [-0.05, 0) is 39.8 Å². The van der Waals surface area contributed by atoms with Crippen LogP contribution in [0.15, 0.2) is 0 Å². The van der Waals surface area contributed by atoms with E-state index in [9.17, 15) is 0 Å². The van der Waals surface area contributed by atoms with Crippen LogP contribution in [0.5, 0.6) is 0 Å². The van der Waals surface area contributed by atoms with Gasteiger partial charge in [0.05, 0.1) is 5.60 Å². The first-order valence-corrected chi connectivity index (χ1v) is 5.60. The van der Waals surface area contributed by atoms with Crippen LogP contribution in [0.4, 0.5) is 0 Å². The van der Waals surface area contributed by atoms with Crippen LogP contribution >= 0.6 is 0 Å². The van der Waals surface area contributed by atoms with Gasteiger partial charge in [0.25, 0.3) is 0 Å². The highest BCUT2D eigenvalue weighted by atomic mass is 16.5. The molecule has 0 radical (unpaired) electrons. The summed E-state index contributed by atoms with van der Waals surface area (Å²) in [4.78, 5) is 2.33. The summed E-state index contributed by atoms with van der Waals surface area (Å²) in [6, 6.07) is 0.696. The molecule has 0 aliphatic carbocycles. The van der Waals surface area contributed by atoms with Crippen LogP contribution in [-0.4, -0.2) is 50.5 Å². The van der Waals surface area contributed by atoms with Crippen molar-refractivity contribution in [1.29, 1.82) is 0 Å². The topological polar surface area (TPSA) is 21.7 Å². The molecule has 0 amide bonds. The summed E-state index contributed by atoms with van der Waals surface area (Å²) in [5.41, 5.74) is 0.144. The van der Waals surface area contributed by atoms with Gasteiger partial charge in [-0.15, -0.1) is 0 Å². The molecule has 0 aromatic heterocycles. The minimum Gasteiger partial charge on any atom is -0.381 e. The Labute approximate surface area is 86.4 Å². The fourth-order valence-corrected chi connectivity index (χ4v) is 2.53. The van der Waals surface area contributed by atoms with Gasteiger partial charge >= 0.3 is 0 Å². The maximum atomic E-state index is 5.98. The maximum absolute atomic E-state index is 5.98. The molecule has 0 N–H and O–H groups in total. The third kappa shape index (κ3) is 2.10. The van der Waals surface area contributed by atoms with E-state index in [-0.39, 0.29) is 5.60 Å². The summed E-state index contributed by atoms with van der Waals surface area (Å²) in [6.45, 7) is 2.67. The van der Waals surface area contributed by atoms with Crippen molar-refractivity contribution in [2.45, 2.75) is 37.3 Å². The Balaban J connectivity index is 1.97. The van der Waals surface area contributed by atoms with Gasteiger partial charge in [-0.25, -0.2) is 0 Å². The van der Waals surface area contributed by atoms with Gasteiger partial charge in [-0.3, -0.25) is 0 Å². The zero-order valence-corrected chi connectivity index (χ0v) is 9.29. The summed E-state index contributed by atoms with van der Waals surface area (Å²) < 4.78 is 11.4. The Morgan fingerprint density at radius 2 is 1.86 bits per heavy atom. The molecule has 0 aromatic carbocycles. The molecule has 2 aliphatic rings. The number of hydrogen-bond acceptors (Lipinski definition) is 3. The predicted molar refractivity (Wildman–Crippen MR) is 55.4 cm³/mol. The van der Waals surface area contributed by atoms with Crippen LogP contribution in [0.1, 0.15) is 25.7 Å². The molecule has 0 aromatic rings. The zero-order valence-electron chi connectivity index (χ0n) is 9.29. The van der Waals surface area contributed by atoms with E-state index < -0.39 is 0 Å². The lowest BCUT2D eigenvalue weighted by molar-refractivity contribution is -0.148. The van der Waals surface area contributed by atoms with Gasteiger partial charge in [0, 0.05) is 25.9 Å². The Bertz CT molecular complexity index is 182. The highest BCUT2D eigenvalue weighted by molar-refractivity contribution is 4.91. The Morgan fingerprint density at radius 3 is 2.50 bits per heavy atom. The van der Waals surface area contributed by atoms with Crippen molar-refractivity contribution < 1.29 is 9.47 Å². The average molecular weight is 199 g/mol. The molecule has 1 spiro atoms. The van der Waals surface area contributed by atoms with Crippen LogP contribution in [-0.2, 0) is 9.47 Å². The van der Waals surface area contributed by atoms with Crippen molar-refractivity contribution in [3.63, 3.8) is 0 Å². The molecule has 2 saturated heterocycles. The van der Waals surface area contributed by atoms with Gasteiger partial charge in [0.15, 0.2) is 0 Å². The lowest BCUT2D eigenvalue weighted by Crippen LogP contribution is -2.49. The Kier molecular flexibility index (Phi) is 3.10. The number of nitrogens with zero attached hydrogens (tertiary/aromatic N) is 1. The van der Waals surface area contributed by atoms with E-state index in [2.05, 4.69) is 19.0 Å². The zero-order chi connectivity index (χ0) is 10.0. The van der Waals surface area contributed by atoms with Gasteiger partial charge in [-0.2, -0.15) is 0 Å². The van der Waals surface area contributed by atoms with Crippen LogP contribution < -0.4 is 0 Å². The fourth-order valence-electron chi connectivity index (χ4n) is 2.53. The summed E-state index contributed by atoms with van der Waals surface area (Å²) in [7, 11) is 4.34. The van der Waals surface area contributed by atoms with Crippen molar-refractivity contribution in [3.05, 3.63) is 0 Å². The lowest BCUT2D eigenvalue weighted by atomic mass is 9.84. The van der Waals surface area contributed by atoms with Crippen molar-refractivity contribution in [3.8, 4) is 0 Å². The first-order valence-electron chi connectivity index (χ1n) is 5.60. The van der Waals surface area contributed by atoms with Gasteiger partial charge in [0.2, 0.25) is 0 Å². The van der Waals surface area contributed by atoms with Gasteiger partial charge in [0.1, 0.15) is 0 Å². The summed E-state index contributed by atoms with van der Waals surface area (Å²) in [5.74, 6) is 0. The molecule has 1 unspecified atom stereocenters. The summed E-state index contributed by atoms with van der Waals surface area (Å²) >= 11 is 0. The molecule has 2 rings (SSSR count). The van der Waals surface area contributed by atoms with Crippen LogP contribution in [0.2, 0.25) is 0 Å². The van der Waals surface area contributed by atoms with E-state index in [4.69, 9.17) is 9.47 Å². The highest BCUT2D eigenvalue weighted by Gasteiger charge is 2.39. The fraction of sp³-hybridized carbons (Fsp3) is 1.00. The third-order valence-electron chi connectivity index (χ3n) is 3.60. The molecular weight excluding hydrogens is 178 g/mol. The van der Waals surface area contributed by atoms with E-state index in [1.165, 1.54) is 12.8 Å². The van der Waals surface area contributed by atoms with E-state index >= 15 is 0 Å². The Hall–Kier alpha value is -0.120. The molecule has 1 atom stereocenters. The number of rotatable bonds is 1. The summed E-state index contributed by atoms with van der Waals surface area (Å²) in [6.07, 6.45) is 4.52. The number of hydrogen-bond donors (Lipinski definition) is 0. The highest BCUT2D eigenvalue weighted by Crippen LogP contribution is 2.35. The molecule has 2 aliphatic heterocycles. The molecule has 14 heavy (non-hydrogen) atoms. The molecule has 2 heterocycles. The molecule has 3 nitrogen and oxygen atoms in total. The second-order valence-electron chi connectivity index (χ2n) is 4.75. The predicted octanol–water partition coefficient (Wildman–Crippen LogP) is 1.28. The van der Waals surface area contributed by atoms with E-state index in [0.717, 1.165) is 32.7 Å². The van der Waals surface area contributed by atoms with Gasteiger partial charge in [-0.1, -0.05) is 0 Å². The molecule has 2 fully saturated rings. The molecule has 0 saturated carbocycles. The normalized spacial score (nSPS) is 32.4. The largest absolute Gasteiger partial charge is 0.381 e. The van der Waals surface area contributed by atoms with E-state index in [1.807, 2.05) is 0 Å². The minimum atomic E-state index is 0.144. The van der Waals surface area contributed by atoms with Crippen LogP contribution in [0.25, 0.3) is 0 Å².